The van der Waals surface area contributed by atoms with E-state index in [4.69, 9.17) is 4.74 Å². The van der Waals surface area contributed by atoms with Crippen molar-refractivity contribution in [2.24, 2.45) is 0 Å². The topological polar surface area (TPSA) is 97.5 Å². The molecule has 0 amide bonds. The molecule has 0 saturated carbocycles. The summed E-state index contributed by atoms with van der Waals surface area (Å²) in [7, 11) is 2.07. The van der Waals surface area contributed by atoms with Gasteiger partial charge in [-0.2, -0.15) is 5.26 Å². The first-order valence-corrected chi connectivity index (χ1v) is 14.0. The van der Waals surface area contributed by atoms with E-state index in [0.29, 0.717) is 40.9 Å². The van der Waals surface area contributed by atoms with E-state index >= 15 is 4.39 Å². The van der Waals surface area contributed by atoms with Crippen LogP contribution in [0.25, 0.3) is 32.9 Å². The maximum absolute atomic E-state index is 16.6. The van der Waals surface area contributed by atoms with Crippen LogP contribution in [0.2, 0.25) is 0 Å². The van der Waals surface area contributed by atoms with Gasteiger partial charge in [-0.25, -0.2) is 9.37 Å². The number of halogens is 1. The van der Waals surface area contributed by atoms with Gasteiger partial charge in [0.05, 0.1) is 5.69 Å². The zero-order valence-corrected chi connectivity index (χ0v) is 22.4. The normalized spacial score (nSPS) is 22.7. The molecule has 4 aromatic rings. The molecule has 3 aliphatic heterocycles. The second kappa shape index (κ2) is 9.88. The molecule has 2 bridgehead atoms. The van der Waals surface area contributed by atoms with Crippen LogP contribution < -0.4 is 15.0 Å². The van der Waals surface area contributed by atoms with Crippen LogP contribution in [0.1, 0.15) is 31.2 Å². The maximum atomic E-state index is 16.6. The molecule has 2 N–H and O–H groups in total. The largest absolute Gasteiger partial charge is 0.508 e. The Morgan fingerprint density at radius 1 is 1.15 bits per heavy atom. The Morgan fingerprint density at radius 2 is 1.95 bits per heavy atom. The number of likely N-dealkylation sites (N-methyl/N-ethyl adjacent to an activating group) is 1. The van der Waals surface area contributed by atoms with Crippen LogP contribution in [-0.2, 0) is 0 Å². The maximum Gasteiger partial charge on any atom is 0.234 e. The summed E-state index contributed by atoms with van der Waals surface area (Å²) in [6.45, 7) is 2.82. The number of piperazine rings is 1. The highest BCUT2D eigenvalue weighted by Gasteiger charge is 2.35. The number of hydrogen-bond acceptors (Lipinski definition) is 8. The predicted molar refractivity (Wildman–Crippen MR) is 152 cm³/mol. The molecule has 5 heterocycles. The predicted octanol–water partition coefficient (Wildman–Crippen LogP) is 4.58. The van der Waals surface area contributed by atoms with Crippen LogP contribution in [0.4, 0.5) is 10.1 Å². The fraction of sp³-hybridized carbons (Fsp3) is 0.387. The van der Waals surface area contributed by atoms with Gasteiger partial charge in [0.1, 0.15) is 35.2 Å². The smallest absolute Gasteiger partial charge is 0.234 e. The number of phenols is 1. The first-order chi connectivity index (χ1) is 19.5. The zero-order chi connectivity index (χ0) is 27.4. The van der Waals surface area contributed by atoms with E-state index in [9.17, 15) is 10.4 Å². The molecule has 3 aliphatic rings. The molecular weight excluding hydrogens is 507 g/mol. The Kier molecular flexibility index (Phi) is 6.17. The molecule has 2 aromatic heterocycles. The molecular formula is C31H31FN6O2. The Morgan fingerprint density at radius 3 is 2.70 bits per heavy atom. The number of likely N-dealkylation sites (tertiary alicyclic amines) is 1. The van der Waals surface area contributed by atoms with E-state index in [1.165, 1.54) is 6.07 Å². The van der Waals surface area contributed by atoms with Crippen LogP contribution >= 0.6 is 0 Å². The Hall–Kier alpha value is -4.00. The molecule has 2 unspecified atom stereocenters. The third-order valence-corrected chi connectivity index (χ3v) is 8.74. The van der Waals surface area contributed by atoms with Gasteiger partial charge in [0, 0.05) is 48.4 Å². The van der Waals surface area contributed by atoms with E-state index in [1.807, 2.05) is 24.3 Å². The van der Waals surface area contributed by atoms with E-state index < -0.39 is 5.82 Å². The zero-order valence-electron chi connectivity index (χ0n) is 22.4. The lowest BCUT2D eigenvalue weighted by Crippen LogP contribution is -2.51. The number of nitriles is 1. The highest BCUT2D eigenvalue weighted by atomic mass is 19.1. The van der Waals surface area contributed by atoms with Crippen LogP contribution in [0, 0.1) is 17.1 Å². The molecule has 3 fully saturated rings. The van der Waals surface area contributed by atoms with Gasteiger partial charge in [-0.3, -0.25) is 4.98 Å². The number of anilines is 1. The third kappa shape index (κ3) is 4.19. The number of fused-ring (bicyclic) bond motifs is 4. The lowest BCUT2D eigenvalue weighted by molar-refractivity contribution is 0.193. The summed E-state index contributed by atoms with van der Waals surface area (Å²) in [6.07, 6.45) is 5.87. The number of rotatable bonds is 5. The lowest BCUT2D eigenvalue weighted by Gasteiger charge is -2.36. The van der Waals surface area contributed by atoms with Crippen molar-refractivity contribution in [2.75, 3.05) is 38.2 Å². The van der Waals surface area contributed by atoms with Crippen molar-refractivity contribution in [1.29, 1.82) is 5.26 Å². The van der Waals surface area contributed by atoms with Gasteiger partial charge in [-0.15, -0.1) is 0 Å². The summed E-state index contributed by atoms with van der Waals surface area (Å²) in [5, 5.41) is 26.5. The van der Waals surface area contributed by atoms with E-state index in [-0.39, 0.29) is 28.9 Å². The van der Waals surface area contributed by atoms with E-state index in [1.54, 1.807) is 12.3 Å². The molecule has 3 atom stereocenters. The van der Waals surface area contributed by atoms with Crippen LogP contribution in [0.3, 0.4) is 0 Å². The van der Waals surface area contributed by atoms with Crippen LogP contribution in [0.15, 0.2) is 42.6 Å². The van der Waals surface area contributed by atoms with Gasteiger partial charge < -0.3 is 25.0 Å². The van der Waals surface area contributed by atoms with Crippen LogP contribution in [-0.4, -0.2) is 71.4 Å². The monoisotopic (exact) mass is 538 g/mol. The Labute approximate surface area is 232 Å². The van der Waals surface area contributed by atoms with Crippen LogP contribution in [0.5, 0.6) is 11.6 Å². The molecule has 2 aromatic carbocycles. The number of pyridine rings is 2. The second-order valence-electron chi connectivity index (χ2n) is 11.3. The van der Waals surface area contributed by atoms with Crippen molar-refractivity contribution >= 4 is 27.4 Å². The molecule has 204 valence electrons. The fourth-order valence-corrected chi connectivity index (χ4v) is 6.71. The highest BCUT2D eigenvalue weighted by Crippen LogP contribution is 2.41. The summed E-state index contributed by atoms with van der Waals surface area (Å²) < 4.78 is 22.8. The average Bonchev–Trinajstić information content (AvgIpc) is 3.53. The number of nitrogens with one attached hydrogen (secondary N) is 1. The van der Waals surface area contributed by atoms with Gasteiger partial charge in [-0.1, -0.05) is 24.3 Å². The van der Waals surface area contributed by atoms with Crippen molar-refractivity contribution in [3.05, 3.63) is 54.0 Å². The number of aromatic hydroxyl groups is 1. The van der Waals surface area contributed by atoms with Crippen molar-refractivity contribution in [2.45, 2.75) is 43.8 Å². The molecule has 3 saturated heterocycles. The first kappa shape index (κ1) is 25.0. The summed E-state index contributed by atoms with van der Waals surface area (Å²) in [4.78, 5) is 13.7. The quantitative estimate of drug-likeness (QED) is 0.381. The number of aromatic nitrogens is 2. The number of benzene rings is 2. The van der Waals surface area contributed by atoms with Crippen molar-refractivity contribution in [1.82, 2.24) is 20.2 Å². The van der Waals surface area contributed by atoms with Crippen molar-refractivity contribution in [3.63, 3.8) is 0 Å². The molecule has 0 radical (unpaired) electrons. The van der Waals surface area contributed by atoms with Gasteiger partial charge in [0.2, 0.25) is 5.88 Å². The molecule has 8 nitrogen and oxygen atoms in total. The Balaban J connectivity index is 1.41. The summed E-state index contributed by atoms with van der Waals surface area (Å²) in [5.41, 5.74) is 1.67. The average molecular weight is 539 g/mol. The van der Waals surface area contributed by atoms with E-state index in [0.717, 1.165) is 56.1 Å². The fourth-order valence-electron chi connectivity index (χ4n) is 6.71. The minimum Gasteiger partial charge on any atom is -0.508 e. The third-order valence-electron chi connectivity index (χ3n) is 8.74. The highest BCUT2D eigenvalue weighted by molar-refractivity contribution is 6.01. The first-order valence-electron chi connectivity index (χ1n) is 14.0. The minimum atomic E-state index is -0.597. The molecule has 0 spiro atoms. The van der Waals surface area contributed by atoms with Crippen molar-refractivity contribution in [3.8, 4) is 29.0 Å². The second-order valence-corrected chi connectivity index (χ2v) is 11.3. The Bertz CT molecular complexity index is 1660. The molecule has 40 heavy (non-hydrogen) atoms. The van der Waals surface area contributed by atoms with Gasteiger partial charge in [0.15, 0.2) is 5.82 Å². The van der Waals surface area contributed by atoms with Gasteiger partial charge >= 0.3 is 0 Å². The van der Waals surface area contributed by atoms with Crippen molar-refractivity contribution < 1.29 is 14.2 Å². The molecule has 7 rings (SSSR count). The summed E-state index contributed by atoms with van der Waals surface area (Å²) >= 11 is 0. The number of nitrogens with zero attached hydrogens (tertiary/aromatic N) is 5. The standard InChI is InChI=1S/C31H31FN6O2/c1-37-10-4-6-21(37)17-40-31-25(13-33)30(38-15-19-8-9-20(16-38)35-19)26-14-34-28(27(32)29(26)36-31)24-12-22(39)11-18-5-2-3-7-23(18)24/h2-3,5,7,11-12,14,19-21,35,39H,4,6,8-10,15-17H2,1H3/t19?,20?,21-/m0/s1. The lowest BCUT2D eigenvalue weighted by atomic mass is 9.99. The summed E-state index contributed by atoms with van der Waals surface area (Å²) in [6, 6.07) is 13.9. The number of phenolic OH excluding ortho intramolecular Hbond substituents is 1. The van der Waals surface area contributed by atoms with Gasteiger partial charge in [-0.05, 0) is 62.2 Å². The molecule has 0 aliphatic carbocycles. The summed E-state index contributed by atoms with van der Waals surface area (Å²) in [5.74, 6) is -0.405. The molecule has 9 heteroatoms. The SMILES string of the molecule is CN1CCC[C@H]1COc1nc2c(F)c(-c3cc(O)cc4ccccc34)ncc2c(N2CC3CCC(C2)N3)c1C#N. The number of ether oxygens (including phenoxy) is 1. The number of hydrogen-bond donors (Lipinski definition) is 2. The van der Waals surface area contributed by atoms with E-state index in [2.05, 4.69) is 38.2 Å². The van der Waals surface area contributed by atoms with Gasteiger partial charge in [0.25, 0.3) is 0 Å². The minimum absolute atomic E-state index is 0.0319.